The number of carbonyl (C=O) groups excluding carboxylic acids is 2. The lowest BCUT2D eigenvalue weighted by atomic mass is 9.81. The molecule has 0 aromatic carbocycles. The van der Waals surface area contributed by atoms with Crippen molar-refractivity contribution in [3.63, 3.8) is 0 Å². The zero-order valence-electron chi connectivity index (χ0n) is 17.5. The third-order valence-corrected chi connectivity index (χ3v) is 7.27. The molecule has 0 aliphatic heterocycles. The van der Waals surface area contributed by atoms with Gasteiger partial charge in [-0.25, -0.2) is 0 Å². The number of hydrogen-bond acceptors (Lipinski definition) is 4. The van der Waals surface area contributed by atoms with Crippen molar-refractivity contribution >= 4 is 17.8 Å². The van der Waals surface area contributed by atoms with E-state index in [0.29, 0.717) is 24.8 Å². The summed E-state index contributed by atoms with van der Waals surface area (Å²) in [7, 11) is 0. The minimum Gasteiger partial charge on any atom is -0.481 e. The molecule has 3 aliphatic rings. The summed E-state index contributed by atoms with van der Waals surface area (Å²) in [6.45, 7) is 0.602. The number of nitrogens with one attached hydrogen (secondary N) is 2. The molecule has 9 heteroatoms. The Bertz CT molecular complexity index is 681. The second kappa shape index (κ2) is 10.7. The van der Waals surface area contributed by atoms with Gasteiger partial charge in [-0.3, -0.25) is 14.4 Å². The standard InChI is InChI=1S/C21H33N5O4/c22-26-24-12-18(10-20(28)29)25-21(30)15-4-1-13(2-5-15)11-23-19(27)9-17-8-14-3-6-16(17)7-14/h13-18H,1-12H2,(H,23,27)(H,25,30)(H,28,29)/t13?,14-,15?,16+,17-,18+/m1/s1. The molecule has 0 saturated heterocycles. The van der Waals surface area contributed by atoms with Crippen LogP contribution in [0.1, 0.15) is 64.2 Å². The van der Waals surface area contributed by atoms with Crippen molar-refractivity contribution < 1.29 is 19.5 Å². The monoisotopic (exact) mass is 419 g/mol. The topological polar surface area (TPSA) is 144 Å². The Hall–Kier alpha value is -2.28. The highest BCUT2D eigenvalue weighted by Gasteiger charge is 2.40. The first-order chi connectivity index (χ1) is 14.4. The first-order valence-corrected chi connectivity index (χ1v) is 11.2. The van der Waals surface area contributed by atoms with Crippen LogP contribution >= 0.6 is 0 Å². The van der Waals surface area contributed by atoms with Crippen LogP contribution in [0, 0.1) is 29.6 Å². The van der Waals surface area contributed by atoms with E-state index in [0.717, 1.165) is 37.5 Å². The second-order valence-electron chi connectivity index (χ2n) is 9.38. The quantitative estimate of drug-likeness (QED) is 0.284. The Morgan fingerprint density at radius 2 is 1.87 bits per heavy atom. The van der Waals surface area contributed by atoms with Crippen LogP contribution in [-0.2, 0) is 14.4 Å². The fourth-order valence-corrected chi connectivity index (χ4v) is 5.65. The van der Waals surface area contributed by atoms with Crippen LogP contribution in [0.25, 0.3) is 10.4 Å². The van der Waals surface area contributed by atoms with E-state index >= 15 is 0 Å². The molecule has 0 radical (unpaired) electrons. The lowest BCUT2D eigenvalue weighted by Gasteiger charge is -2.29. The fraction of sp³-hybridized carbons (Fsp3) is 0.857. The van der Waals surface area contributed by atoms with Crippen LogP contribution in [0.5, 0.6) is 0 Å². The van der Waals surface area contributed by atoms with E-state index < -0.39 is 12.0 Å². The molecule has 3 fully saturated rings. The lowest BCUT2D eigenvalue weighted by Crippen LogP contribution is -2.43. The molecule has 2 bridgehead atoms. The fourth-order valence-electron chi connectivity index (χ4n) is 5.65. The van der Waals surface area contributed by atoms with Crippen molar-refractivity contribution in [2.24, 2.45) is 34.7 Å². The second-order valence-corrected chi connectivity index (χ2v) is 9.38. The van der Waals surface area contributed by atoms with Crippen molar-refractivity contribution in [3.05, 3.63) is 10.4 Å². The number of amides is 2. The number of nitrogens with zero attached hydrogens (tertiary/aromatic N) is 3. The average Bonchev–Trinajstić information content (AvgIpc) is 3.33. The van der Waals surface area contributed by atoms with Crippen LogP contribution in [0.3, 0.4) is 0 Å². The van der Waals surface area contributed by atoms with Gasteiger partial charge in [0.1, 0.15) is 0 Å². The minimum atomic E-state index is -1.04. The Morgan fingerprint density at radius 1 is 1.10 bits per heavy atom. The van der Waals surface area contributed by atoms with Crippen molar-refractivity contribution in [1.29, 1.82) is 0 Å². The van der Waals surface area contributed by atoms with Gasteiger partial charge in [0, 0.05) is 36.4 Å². The van der Waals surface area contributed by atoms with Crippen molar-refractivity contribution in [2.75, 3.05) is 13.1 Å². The van der Waals surface area contributed by atoms with Gasteiger partial charge >= 0.3 is 5.97 Å². The van der Waals surface area contributed by atoms with Gasteiger partial charge in [-0.05, 0) is 74.1 Å². The van der Waals surface area contributed by atoms with Gasteiger partial charge in [0.25, 0.3) is 0 Å². The average molecular weight is 420 g/mol. The van der Waals surface area contributed by atoms with Crippen molar-refractivity contribution in [3.8, 4) is 0 Å². The van der Waals surface area contributed by atoms with Gasteiger partial charge in [-0.2, -0.15) is 0 Å². The van der Waals surface area contributed by atoms with Crippen LogP contribution in [-0.4, -0.2) is 42.0 Å². The van der Waals surface area contributed by atoms with Gasteiger partial charge in [-0.1, -0.05) is 11.5 Å². The molecule has 2 amide bonds. The summed E-state index contributed by atoms with van der Waals surface area (Å²) >= 11 is 0. The molecule has 0 spiro atoms. The van der Waals surface area contributed by atoms with Gasteiger partial charge in [0.15, 0.2) is 0 Å². The number of carboxylic acid groups (broad SMARTS) is 1. The minimum absolute atomic E-state index is 0.0709. The van der Waals surface area contributed by atoms with Crippen LogP contribution < -0.4 is 10.6 Å². The summed E-state index contributed by atoms with van der Waals surface area (Å²) < 4.78 is 0. The number of carbonyl (C=O) groups is 3. The highest BCUT2D eigenvalue weighted by Crippen LogP contribution is 2.49. The summed E-state index contributed by atoms with van der Waals surface area (Å²) in [6.07, 6.45) is 8.76. The zero-order valence-corrected chi connectivity index (χ0v) is 17.5. The Morgan fingerprint density at radius 3 is 2.47 bits per heavy atom. The van der Waals surface area contributed by atoms with E-state index in [1.807, 2.05) is 0 Å². The summed E-state index contributed by atoms with van der Waals surface area (Å²) in [5.41, 5.74) is 8.43. The molecular formula is C21H33N5O4. The number of rotatable bonds is 10. The normalized spacial score (nSPS) is 30.9. The van der Waals surface area contributed by atoms with E-state index in [9.17, 15) is 14.4 Å². The van der Waals surface area contributed by atoms with Gasteiger partial charge < -0.3 is 15.7 Å². The van der Waals surface area contributed by atoms with E-state index in [-0.39, 0.29) is 30.7 Å². The van der Waals surface area contributed by atoms with Crippen LogP contribution in [0.2, 0.25) is 0 Å². The molecule has 4 atom stereocenters. The SMILES string of the molecule is [N-]=[N+]=NC[C@H](CC(=O)O)NC(=O)C1CCC(CNC(=O)C[C@H]2C[C@@H]3CC[C@H]2C3)CC1. The third-order valence-electron chi connectivity index (χ3n) is 7.27. The molecule has 3 aliphatic carbocycles. The Kier molecular flexibility index (Phi) is 7.96. The summed E-state index contributed by atoms with van der Waals surface area (Å²) in [6, 6.07) is -0.686. The van der Waals surface area contributed by atoms with Crippen molar-refractivity contribution in [2.45, 2.75) is 70.3 Å². The zero-order chi connectivity index (χ0) is 21.5. The predicted octanol–water partition coefficient (Wildman–Crippen LogP) is 3.01. The highest BCUT2D eigenvalue weighted by atomic mass is 16.4. The predicted molar refractivity (Wildman–Crippen MR) is 110 cm³/mol. The molecule has 0 aromatic heterocycles. The number of hydrogen-bond donors (Lipinski definition) is 3. The van der Waals surface area contributed by atoms with Gasteiger partial charge in [0.05, 0.1) is 6.42 Å². The Balaban J connectivity index is 1.34. The third kappa shape index (κ3) is 6.36. The largest absolute Gasteiger partial charge is 0.481 e. The summed E-state index contributed by atoms with van der Waals surface area (Å²) in [4.78, 5) is 38.4. The van der Waals surface area contributed by atoms with E-state index in [4.69, 9.17) is 10.6 Å². The molecule has 9 nitrogen and oxygen atoms in total. The molecule has 3 rings (SSSR count). The van der Waals surface area contributed by atoms with Crippen molar-refractivity contribution in [1.82, 2.24) is 10.6 Å². The first kappa shape index (κ1) is 22.4. The van der Waals surface area contributed by atoms with Crippen LogP contribution in [0.15, 0.2) is 5.11 Å². The molecule has 0 unspecified atom stereocenters. The maximum absolute atomic E-state index is 12.5. The maximum atomic E-state index is 12.5. The summed E-state index contributed by atoms with van der Waals surface area (Å²) in [5, 5.41) is 18.2. The van der Waals surface area contributed by atoms with E-state index in [1.54, 1.807) is 0 Å². The van der Waals surface area contributed by atoms with E-state index in [2.05, 4.69) is 20.7 Å². The molecule has 0 aromatic rings. The molecular weight excluding hydrogens is 386 g/mol. The molecule has 166 valence electrons. The first-order valence-electron chi connectivity index (χ1n) is 11.2. The van der Waals surface area contributed by atoms with E-state index in [1.165, 1.54) is 25.7 Å². The molecule has 3 saturated carbocycles. The number of aliphatic carboxylic acids is 1. The van der Waals surface area contributed by atoms with Crippen LogP contribution in [0.4, 0.5) is 0 Å². The number of carboxylic acids is 1. The molecule has 30 heavy (non-hydrogen) atoms. The maximum Gasteiger partial charge on any atom is 0.305 e. The number of azide groups is 1. The highest BCUT2D eigenvalue weighted by molar-refractivity contribution is 5.80. The molecule has 3 N–H and O–H groups in total. The molecule has 0 heterocycles. The Labute approximate surface area is 177 Å². The van der Waals surface area contributed by atoms with Gasteiger partial charge in [-0.15, -0.1) is 0 Å². The van der Waals surface area contributed by atoms with Gasteiger partial charge in [0.2, 0.25) is 11.8 Å². The number of fused-ring (bicyclic) bond motifs is 2. The smallest absolute Gasteiger partial charge is 0.305 e. The lowest BCUT2D eigenvalue weighted by molar-refractivity contribution is -0.138. The summed E-state index contributed by atoms with van der Waals surface area (Å²) in [5.74, 6) is 1.37.